The van der Waals surface area contributed by atoms with Gasteiger partial charge in [-0.1, -0.05) is 48.0 Å². The van der Waals surface area contributed by atoms with Crippen molar-refractivity contribution in [2.24, 2.45) is 0 Å². The lowest BCUT2D eigenvalue weighted by molar-refractivity contribution is -0.114. The van der Waals surface area contributed by atoms with Crippen molar-refractivity contribution in [3.63, 3.8) is 0 Å². The van der Waals surface area contributed by atoms with Crippen LogP contribution < -0.4 is 14.4 Å². The van der Waals surface area contributed by atoms with Gasteiger partial charge in [0.15, 0.2) is 0 Å². The van der Waals surface area contributed by atoms with Crippen LogP contribution in [0.4, 0.5) is 11.4 Å². The maximum atomic E-state index is 13.2. The summed E-state index contributed by atoms with van der Waals surface area (Å²) in [6.07, 6.45) is 0. The summed E-state index contributed by atoms with van der Waals surface area (Å²) in [6, 6.07) is 21.2. The van der Waals surface area contributed by atoms with Gasteiger partial charge < -0.3 is 10.1 Å². The first-order valence-electron chi connectivity index (χ1n) is 8.68. The minimum Gasteiger partial charge on any atom is -0.495 e. The summed E-state index contributed by atoms with van der Waals surface area (Å²) < 4.78 is 32.5. The topological polar surface area (TPSA) is 75.7 Å². The van der Waals surface area contributed by atoms with Crippen molar-refractivity contribution in [3.8, 4) is 5.75 Å². The number of carbonyl (C=O) groups excluding carboxylic acids is 1. The molecular formula is C21H19ClN2O4S. The third kappa shape index (κ3) is 4.88. The van der Waals surface area contributed by atoms with Gasteiger partial charge >= 0.3 is 0 Å². The Labute approximate surface area is 174 Å². The number of halogens is 1. The van der Waals surface area contributed by atoms with E-state index in [1.54, 1.807) is 60.7 Å². The van der Waals surface area contributed by atoms with E-state index in [0.717, 1.165) is 4.31 Å². The van der Waals surface area contributed by atoms with Gasteiger partial charge in [0.1, 0.15) is 12.3 Å². The molecule has 0 saturated carbocycles. The van der Waals surface area contributed by atoms with Crippen LogP contribution in [0.25, 0.3) is 0 Å². The third-order valence-electron chi connectivity index (χ3n) is 4.10. The highest BCUT2D eigenvalue weighted by molar-refractivity contribution is 7.92. The van der Waals surface area contributed by atoms with E-state index < -0.39 is 22.5 Å². The minimum absolute atomic E-state index is 0.101. The Morgan fingerprint density at radius 3 is 2.21 bits per heavy atom. The van der Waals surface area contributed by atoms with Gasteiger partial charge in [0.25, 0.3) is 10.0 Å². The van der Waals surface area contributed by atoms with Crippen LogP contribution in [0.3, 0.4) is 0 Å². The van der Waals surface area contributed by atoms with Crippen molar-refractivity contribution in [1.82, 2.24) is 0 Å². The van der Waals surface area contributed by atoms with Crippen LogP contribution in [0.15, 0.2) is 83.8 Å². The maximum absolute atomic E-state index is 13.2. The van der Waals surface area contributed by atoms with E-state index in [-0.39, 0.29) is 4.90 Å². The molecule has 6 nitrogen and oxygen atoms in total. The van der Waals surface area contributed by atoms with Gasteiger partial charge in [-0.3, -0.25) is 9.10 Å². The van der Waals surface area contributed by atoms with E-state index in [0.29, 0.717) is 22.1 Å². The van der Waals surface area contributed by atoms with E-state index in [1.807, 2.05) is 0 Å². The number of benzene rings is 3. The molecule has 0 bridgehead atoms. The van der Waals surface area contributed by atoms with E-state index in [4.69, 9.17) is 16.3 Å². The van der Waals surface area contributed by atoms with Crippen molar-refractivity contribution < 1.29 is 17.9 Å². The fourth-order valence-corrected chi connectivity index (χ4v) is 4.40. The molecule has 0 aliphatic rings. The Morgan fingerprint density at radius 2 is 1.62 bits per heavy atom. The standard InChI is InChI=1S/C21H19ClN2O4S/c1-28-20-13-12-16(14-19(20)22)23-21(25)15-24(17-8-4-2-5-9-17)29(26,27)18-10-6-3-7-11-18/h2-14H,15H2,1H3,(H,23,25). The second-order valence-corrected chi connectivity index (χ2v) is 8.33. The van der Waals surface area contributed by atoms with Crippen molar-refractivity contribution in [1.29, 1.82) is 0 Å². The lowest BCUT2D eigenvalue weighted by Crippen LogP contribution is -2.38. The molecule has 0 aromatic heterocycles. The van der Waals surface area contributed by atoms with Gasteiger partial charge in [-0.05, 0) is 42.5 Å². The molecule has 150 valence electrons. The van der Waals surface area contributed by atoms with Crippen LogP contribution in [0, 0.1) is 0 Å². The molecule has 0 heterocycles. The highest BCUT2D eigenvalue weighted by Crippen LogP contribution is 2.28. The number of hydrogen-bond acceptors (Lipinski definition) is 4. The van der Waals surface area contributed by atoms with Crippen molar-refractivity contribution in [2.75, 3.05) is 23.3 Å². The van der Waals surface area contributed by atoms with Gasteiger partial charge in [-0.15, -0.1) is 0 Å². The Hall–Kier alpha value is -3.03. The smallest absolute Gasteiger partial charge is 0.264 e. The minimum atomic E-state index is -3.93. The van der Waals surface area contributed by atoms with E-state index in [2.05, 4.69) is 5.32 Å². The van der Waals surface area contributed by atoms with Crippen molar-refractivity contribution in [3.05, 3.63) is 83.9 Å². The molecule has 1 amide bonds. The first-order chi connectivity index (χ1) is 13.9. The highest BCUT2D eigenvalue weighted by Gasteiger charge is 2.27. The SMILES string of the molecule is COc1ccc(NC(=O)CN(c2ccccc2)S(=O)(=O)c2ccccc2)cc1Cl. The van der Waals surface area contributed by atoms with Crippen molar-refractivity contribution in [2.45, 2.75) is 4.90 Å². The van der Waals surface area contributed by atoms with Crippen LogP contribution in [0.2, 0.25) is 5.02 Å². The molecule has 0 unspecified atom stereocenters. The molecule has 0 saturated heterocycles. The summed E-state index contributed by atoms with van der Waals surface area (Å²) in [6.45, 7) is -0.398. The van der Waals surface area contributed by atoms with Crippen LogP contribution >= 0.6 is 11.6 Å². The fraction of sp³-hybridized carbons (Fsp3) is 0.0952. The number of sulfonamides is 1. The molecule has 0 fully saturated rings. The molecule has 3 aromatic carbocycles. The number of nitrogens with zero attached hydrogens (tertiary/aromatic N) is 1. The summed E-state index contributed by atoms with van der Waals surface area (Å²) >= 11 is 6.08. The molecule has 0 radical (unpaired) electrons. The normalized spacial score (nSPS) is 11.0. The first kappa shape index (κ1) is 20.7. The zero-order valence-corrected chi connectivity index (χ0v) is 17.2. The number of anilines is 2. The highest BCUT2D eigenvalue weighted by atomic mass is 35.5. The van der Waals surface area contributed by atoms with E-state index in [1.165, 1.54) is 25.3 Å². The summed E-state index contributed by atoms with van der Waals surface area (Å²) in [5.41, 5.74) is 0.824. The molecule has 0 spiro atoms. The predicted molar refractivity (Wildman–Crippen MR) is 114 cm³/mol. The fourth-order valence-electron chi connectivity index (χ4n) is 2.70. The molecule has 3 aromatic rings. The second-order valence-electron chi connectivity index (χ2n) is 6.06. The summed E-state index contributed by atoms with van der Waals surface area (Å²) in [7, 11) is -2.44. The summed E-state index contributed by atoms with van der Waals surface area (Å²) in [5, 5.41) is 3.01. The number of nitrogens with one attached hydrogen (secondary N) is 1. The largest absolute Gasteiger partial charge is 0.495 e. The molecule has 0 aliphatic carbocycles. The Kier molecular flexibility index (Phi) is 6.41. The monoisotopic (exact) mass is 430 g/mol. The predicted octanol–water partition coefficient (Wildman–Crippen LogP) is 4.18. The molecule has 29 heavy (non-hydrogen) atoms. The number of rotatable bonds is 7. The van der Waals surface area contributed by atoms with Gasteiger partial charge in [-0.25, -0.2) is 8.42 Å². The van der Waals surface area contributed by atoms with Crippen molar-refractivity contribution >= 4 is 38.9 Å². The molecule has 1 N–H and O–H groups in total. The summed E-state index contributed by atoms with van der Waals surface area (Å²) in [4.78, 5) is 12.7. The van der Waals surface area contributed by atoms with Crippen LogP contribution in [-0.4, -0.2) is 28.0 Å². The number of para-hydroxylation sites is 1. The Morgan fingerprint density at radius 1 is 1.00 bits per heavy atom. The average molecular weight is 431 g/mol. The lowest BCUT2D eigenvalue weighted by Gasteiger charge is -2.24. The van der Waals surface area contributed by atoms with Crippen LogP contribution in [0.5, 0.6) is 5.75 Å². The molecular weight excluding hydrogens is 412 g/mol. The lowest BCUT2D eigenvalue weighted by atomic mass is 10.3. The number of ether oxygens (including phenoxy) is 1. The first-order valence-corrected chi connectivity index (χ1v) is 10.5. The van der Waals surface area contributed by atoms with Gasteiger partial charge in [0, 0.05) is 5.69 Å². The molecule has 8 heteroatoms. The second kappa shape index (κ2) is 8.98. The summed E-state index contributed by atoms with van der Waals surface area (Å²) in [5.74, 6) is -0.0307. The average Bonchev–Trinajstić information content (AvgIpc) is 2.73. The van der Waals surface area contributed by atoms with E-state index in [9.17, 15) is 13.2 Å². The zero-order valence-electron chi connectivity index (χ0n) is 15.6. The molecule has 0 atom stereocenters. The van der Waals surface area contributed by atoms with Gasteiger partial charge in [-0.2, -0.15) is 0 Å². The molecule has 3 rings (SSSR count). The number of hydrogen-bond donors (Lipinski definition) is 1. The zero-order chi connectivity index (χ0) is 20.9. The maximum Gasteiger partial charge on any atom is 0.264 e. The number of methoxy groups -OCH3 is 1. The third-order valence-corrected chi connectivity index (χ3v) is 6.18. The van der Waals surface area contributed by atoms with Crippen LogP contribution in [0.1, 0.15) is 0 Å². The Bertz CT molecular complexity index is 1090. The quantitative estimate of drug-likeness (QED) is 0.610. The number of amides is 1. The molecule has 0 aliphatic heterocycles. The van der Waals surface area contributed by atoms with Gasteiger partial charge in [0.05, 0.1) is 22.7 Å². The van der Waals surface area contributed by atoms with Crippen LogP contribution in [-0.2, 0) is 14.8 Å². The van der Waals surface area contributed by atoms with E-state index >= 15 is 0 Å². The Balaban J connectivity index is 1.88. The van der Waals surface area contributed by atoms with Gasteiger partial charge in [0.2, 0.25) is 5.91 Å². The number of carbonyl (C=O) groups is 1.